The van der Waals surface area contributed by atoms with Gasteiger partial charge in [0.05, 0.1) is 17.5 Å². The fourth-order valence-electron chi connectivity index (χ4n) is 2.85. The molecule has 2 aliphatic heterocycles. The van der Waals surface area contributed by atoms with Crippen LogP contribution >= 0.6 is 0 Å². The number of fused-ring (bicyclic) bond motifs is 1. The van der Waals surface area contributed by atoms with E-state index in [2.05, 4.69) is 10.6 Å². The summed E-state index contributed by atoms with van der Waals surface area (Å²) < 4.78 is 5.34. The standard InChI is InChI=1S/C15H21N3O2/c1-20-12-4-8-18(9-5-12)15(19)11-2-3-13-14(10-11)17-7-6-16-13/h2-3,10,12,16-17H,4-9H2,1H3. The highest BCUT2D eigenvalue weighted by molar-refractivity contribution is 5.96. The number of hydrogen-bond acceptors (Lipinski definition) is 4. The first kappa shape index (κ1) is 13.2. The number of nitrogens with zero attached hydrogens (tertiary/aromatic N) is 1. The van der Waals surface area contributed by atoms with Crippen molar-refractivity contribution in [3.8, 4) is 0 Å². The molecule has 0 bridgehead atoms. The van der Waals surface area contributed by atoms with Crippen molar-refractivity contribution in [1.29, 1.82) is 0 Å². The van der Waals surface area contributed by atoms with Gasteiger partial charge in [-0.3, -0.25) is 4.79 Å². The van der Waals surface area contributed by atoms with Gasteiger partial charge in [-0.1, -0.05) is 0 Å². The third-order valence-corrected chi connectivity index (χ3v) is 4.08. The van der Waals surface area contributed by atoms with Crippen LogP contribution in [-0.2, 0) is 4.74 Å². The van der Waals surface area contributed by atoms with Crippen LogP contribution in [0.15, 0.2) is 18.2 Å². The fourth-order valence-corrected chi connectivity index (χ4v) is 2.85. The van der Waals surface area contributed by atoms with E-state index in [9.17, 15) is 4.79 Å². The molecule has 2 N–H and O–H groups in total. The number of piperidine rings is 1. The lowest BCUT2D eigenvalue weighted by Gasteiger charge is -2.31. The van der Waals surface area contributed by atoms with Crippen LogP contribution in [0.5, 0.6) is 0 Å². The lowest BCUT2D eigenvalue weighted by Crippen LogP contribution is -2.40. The average Bonchev–Trinajstić information content (AvgIpc) is 2.54. The molecule has 0 unspecified atom stereocenters. The molecule has 5 nitrogen and oxygen atoms in total. The molecule has 1 aromatic carbocycles. The highest BCUT2D eigenvalue weighted by atomic mass is 16.5. The number of carbonyl (C=O) groups excluding carboxylic acids is 1. The Labute approximate surface area is 119 Å². The van der Waals surface area contributed by atoms with Crippen LogP contribution in [0.4, 0.5) is 11.4 Å². The van der Waals surface area contributed by atoms with Crippen molar-refractivity contribution in [2.24, 2.45) is 0 Å². The van der Waals surface area contributed by atoms with Crippen LogP contribution in [0.25, 0.3) is 0 Å². The van der Waals surface area contributed by atoms with Crippen molar-refractivity contribution in [3.63, 3.8) is 0 Å². The topological polar surface area (TPSA) is 53.6 Å². The molecule has 0 spiro atoms. The Morgan fingerprint density at radius 1 is 1.20 bits per heavy atom. The highest BCUT2D eigenvalue weighted by Gasteiger charge is 2.24. The number of hydrogen-bond donors (Lipinski definition) is 2. The van der Waals surface area contributed by atoms with E-state index >= 15 is 0 Å². The number of anilines is 2. The largest absolute Gasteiger partial charge is 0.382 e. The minimum absolute atomic E-state index is 0.120. The monoisotopic (exact) mass is 275 g/mol. The van der Waals surface area contributed by atoms with Gasteiger partial charge in [0.2, 0.25) is 0 Å². The lowest BCUT2D eigenvalue weighted by atomic mass is 10.1. The van der Waals surface area contributed by atoms with E-state index in [1.807, 2.05) is 23.1 Å². The van der Waals surface area contributed by atoms with Crippen molar-refractivity contribution in [3.05, 3.63) is 23.8 Å². The normalized spacial score (nSPS) is 18.9. The summed E-state index contributed by atoms with van der Waals surface area (Å²) >= 11 is 0. The fraction of sp³-hybridized carbons (Fsp3) is 0.533. The van der Waals surface area contributed by atoms with Crippen LogP contribution in [0, 0.1) is 0 Å². The summed E-state index contributed by atoms with van der Waals surface area (Å²) in [4.78, 5) is 14.4. The molecule has 3 rings (SSSR count). The number of benzene rings is 1. The number of amides is 1. The third kappa shape index (κ3) is 2.58. The second-order valence-corrected chi connectivity index (χ2v) is 5.34. The highest BCUT2D eigenvalue weighted by Crippen LogP contribution is 2.26. The Morgan fingerprint density at radius 3 is 2.60 bits per heavy atom. The molecule has 0 saturated carbocycles. The van der Waals surface area contributed by atoms with E-state index in [0.29, 0.717) is 6.10 Å². The first-order valence-electron chi connectivity index (χ1n) is 7.22. The minimum atomic E-state index is 0.120. The van der Waals surface area contributed by atoms with Gasteiger partial charge in [-0.25, -0.2) is 0 Å². The molecule has 2 heterocycles. The molecule has 108 valence electrons. The van der Waals surface area contributed by atoms with E-state index in [1.165, 1.54) is 0 Å². The first-order valence-corrected chi connectivity index (χ1v) is 7.22. The van der Waals surface area contributed by atoms with Gasteiger partial charge in [-0.15, -0.1) is 0 Å². The van der Waals surface area contributed by atoms with Gasteiger partial charge in [0, 0.05) is 38.9 Å². The summed E-state index contributed by atoms with van der Waals surface area (Å²) in [5.74, 6) is 0.120. The SMILES string of the molecule is COC1CCN(C(=O)c2ccc3c(c2)NCCN3)CC1. The molecule has 2 aliphatic rings. The number of nitrogens with one attached hydrogen (secondary N) is 2. The lowest BCUT2D eigenvalue weighted by molar-refractivity contribution is 0.0351. The quantitative estimate of drug-likeness (QED) is 0.864. The molecule has 5 heteroatoms. The van der Waals surface area contributed by atoms with E-state index in [1.54, 1.807) is 7.11 Å². The van der Waals surface area contributed by atoms with E-state index < -0.39 is 0 Å². The molecule has 0 atom stereocenters. The summed E-state index contributed by atoms with van der Waals surface area (Å²) in [5.41, 5.74) is 2.86. The van der Waals surface area contributed by atoms with E-state index in [-0.39, 0.29) is 5.91 Å². The minimum Gasteiger partial charge on any atom is -0.382 e. The second kappa shape index (κ2) is 5.71. The zero-order valence-electron chi connectivity index (χ0n) is 11.8. The first-order chi connectivity index (χ1) is 9.78. The van der Waals surface area contributed by atoms with Crippen molar-refractivity contribution in [1.82, 2.24) is 4.90 Å². The van der Waals surface area contributed by atoms with Crippen LogP contribution < -0.4 is 10.6 Å². The Hall–Kier alpha value is -1.75. The molecular weight excluding hydrogens is 254 g/mol. The third-order valence-electron chi connectivity index (χ3n) is 4.08. The smallest absolute Gasteiger partial charge is 0.253 e. The Bertz CT molecular complexity index is 496. The van der Waals surface area contributed by atoms with Gasteiger partial charge in [-0.05, 0) is 31.0 Å². The van der Waals surface area contributed by atoms with Crippen LogP contribution in [0.3, 0.4) is 0 Å². The molecule has 1 amide bonds. The maximum absolute atomic E-state index is 12.5. The Kier molecular flexibility index (Phi) is 3.78. The Morgan fingerprint density at radius 2 is 1.90 bits per heavy atom. The molecule has 0 aliphatic carbocycles. The Balaban J connectivity index is 1.71. The summed E-state index contributed by atoms with van der Waals surface area (Å²) in [6.45, 7) is 3.37. The van der Waals surface area contributed by atoms with Gasteiger partial charge in [0.25, 0.3) is 5.91 Å². The number of rotatable bonds is 2. The van der Waals surface area contributed by atoms with E-state index in [0.717, 1.165) is 56.0 Å². The summed E-state index contributed by atoms with van der Waals surface area (Å²) in [6.07, 6.45) is 2.15. The van der Waals surface area contributed by atoms with E-state index in [4.69, 9.17) is 4.74 Å². The molecule has 20 heavy (non-hydrogen) atoms. The molecule has 0 aromatic heterocycles. The maximum atomic E-state index is 12.5. The van der Waals surface area contributed by atoms with Crippen molar-refractivity contribution >= 4 is 17.3 Å². The summed E-state index contributed by atoms with van der Waals surface area (Å²) in [5, 5.41) is 6.64. The number of likely N-dealkylation sites (tertiary alicyclic amines) is 1. The van der Waals surface area contributed by atoms with Gasteiger partial charge < -0.3 is 20.3 Å². The van der Waals surface area contributed by atoms with Crippen molar-refractivity contribution in [2.75, 3.05) is 43.9 Å². The van der Waals surface area contributed by atoms with Crippen molar-refractivity contribution < 1.29 is 9.53 Å². The molecular formula is C15H21N3O2. The molecule has 0 radical (unpaired) electrons. The van der Waals surface area contributed by atoms with Crippen LogP contribution in [-0.4, -0.2) is 50.2 Å². The molecule has 1 saturated heterocycles. The van der Waals surface area contributed by atoms with Crippen LogP contribution in [0.2, 0.25) is 0 Å². The zero-order valence-corrected chi connectivity index (χ0v) is 11.8. The predicted octanol–water partition coefficient (Wildman–Crippen LogP) is 1.77. The molecule has 1 aromatic rings. The maximum Gasteiger partial charge on any atom is 0.253 e. The van der Waals surface area contributed by atoms with Crippen LogP contribution in [0.1, 0.15) is 23.2 Å². The summed E-state index contributed by atoms with van der Waals surface area (Å²) in [7, 11) is 1.74. The predicted molar refractivity (Wildman–Crippen MR) is 79.4 cm³/mol. The van der Waals surface area contributed by atoms with Crippen molar-refractivity contribution in [2.45, 2.75) is 18.9 Å². The van der Waals surface area contributed by atoms with Gasteiger partial charge in [-0.2, -0.15) is 0 Å². The molecule has 1 fully saturated rings. The summed E-state index contributed by atoms with van der Waals surface area (Å²) in [6, 6.07) is 5.84. The number of ether oxygens (including phenoxy) is 1. The number of methoxy groups -OCH3 is 1. The van der Waals surface area contributed by atoms with Gasteiger partial charge >= 0.3 is 0 Å². The van der Waals surface area contributed by atoms with Gasteiger partial charge in [0.1, 0.15) is 0 Å². The average molecular weight is 275 g/mol. The van der Waals surface area contributed by atoms with Gasteiger partial charge in [0.15, 0.2) is 0 Å². The zero-order chi connectivity index (χ0) is 13.9. The second-order valence-electron chi connectivity index (χ2n) is 5.34. The number of carbonyl (C=O) groups is 1.